The van der Waals surface area contributed by atoms with Gasteiger partial charge in [0.1, 0.15) is 0 Å². The van der Waals surface area contributed by atoms with Crippen molar-refractivity contribution in [2.75, 3.05) is 13.1 Å². The molecule has 2 N–H and O–H groups in total. The van der Waals surface area contributed by atoms with Crippen molar-refractivity contribution in [3.8, 4) is 0 Å². The van der Waals surface area contributed by atoms with Crippen LogP contribution in [0.3, 0.4) is 0 Å². The molecule has 72 valence electrons. The lowest BCUT2D eigenvalue weighted by Crippen LogP contribution is -2.60. The summed E-state index contributed by atoms with van der Waals surface area (Å²) in [6.07, 6.45) is 1.91. The van der Waals surface area contributed by atoms with Gasteiger partial charge >= 0.3 is 0 Å². The Hall–Kier alpha value is -0.380. The number of nitrogens with one attached hydrogen (secondary N) is 1. The lowest BCUT2D eigenvalue weighted by Gasteiger charge is -2.37. The molecule has 1 saturated heterocycles. The van der Waals surface area contributed by atoms with Crippen molar-refractivity contribution < 1.29 is 5.11 Å². The maximum Gasteiger partial charge on any atom is 0.0943 e. The Morgan fingerprint density at radius 1 is 1.46 bits per heavy atom. The van der Waals surface area contributed by atoms with Crippen molar-refractivity contribution in [3.05, 3.63) is 21.9 Å². The Bertz CT molecular complexity index is 291. The SMILES string of the molecule is CCc1ccc(CC2(O)CNC2)s1. The molecule has 2 rings (SSSR count). The molecule has 0 unspecified atom stereocenters. The highest BCUT2D eigenvalue weighted by atomic mass is 32.1. The number of hydrogen-bond acceptors (Lipinski definition) is 3. The van der Waals surface area contributed by atoms with Crippen LogP contribution in [0.5, 0.6) is 0 Å². The predicted molar refractivity (Wildman–Crippen MR) is 55.2 cm³/mol. The summed E-state index contributed by atoms with van der Waals surface area (Å²) in [6.45, 7) is 3.65. The van der Waals surface area contributed by atoms with E-state index in [1.807, 2.05) is 11.3 Å². The predicted octanol–water partition coefficient (Wildman–Crippen LogP) is 1.19. The first kappa shape index (κ1) is 9.19. The summed E-state index contributed by atoms with van der Waals surface area (Å²) in [4.78, 5) is 2.71. The number of aryl methyl sites for hydroxylation is 1. The standard InChI is InChI=1S/C10H15NOS/c1-2-8-3-4-9(13-8)5-10(12)6-11-7-10/h3-4,11-12H,2,5-7H2,1H3. The number of hydrogen-bond donors (Lipinski definition) is 2. The van der Waals surface area contributed by atoms with Crippen molar-refractivity contribution in [1.29, 1.82) is 0 Å². The molecule has 1 fully saturated rings. The summed E-state index contributed by atoms with van der Waals surface area (Å²) in [5.41, 5.74) is -0.462. The molecule has 2 heterocycles. The fourth-order valence-corrected chi connectivity index (χ4v) is 2.66. The summed E-state index contributed by atoms with van der Waals surface area (Å²) in [7, 11) is 0. The molecule has 0 atom stereocenters. The quantitative estimate of drug-likeness (QED) is 0.763. The molecule has 0 amide bonds. The first-order valence-electron chi connectivity index (χ1n) is 4.72. The third kappa shape index (κ3) is 1.93. The van der Waals surface area contributed by atoms with Crippen LogP contribution < -0.4 is 5.32 Å². The summed E-state index contributed by atoms with van der Waals surface area (Å²) in [6, 6.07) is 4.30. The summed E-state index contributed by atoms with van der Waals surface area (Å²) in [5, 5.41) is 13.0. The van der Waals surface area contributed by atoms with Gasteiger partial charge in [-0.05, 0) is 18.6 Å². The lowest BCUT2D eigenvalue weighted by molar-refractivity contribution is -0.00833. The van der Waals surface area contributed by atoms with Gasteiger partial charge in [-0.25, -0.2) is 0 Å². The molecule has 3 heteroatoms. The Kier molecular flexibility index (Phi) is 2.41. The fraction of sp³-hybridized carbons (Fsp3) is 0.600. The Labute approximate surface area is 82.6 Å². The first-order valence-corrected chi connectivity index (χ1v) is 5.54. The third-order valence-electron chi connectivity index (χ3n) is 2.48. The molecule has 1 aromatic heterocycles. The van der Waals surface area contributed by atoms with E-state index in [0.717, 1.165) is 25.9 Å². The highest BCUT2D eigenvalue weighted by molar-refractivity contribution is 7.12. The molecule has 2 nitrogen and oxygen atoms in total. The van der Waals surface area contributed by atoms with Gasteiger partial charge < -0.3 is 10.4 Å². The third-order valence-corrected chi connectivity index (χ3v) is 3.71. The molecule has 0 aliphatic carbocycles. The average Bonchev–Trinajstić information content (AvgIpc) is 2.49. The zero-order valence-electron chi connectivity index (χ0n) is 7.84. The molecule has 0 radical (unpaired) electrons. The van der Waals surface area contributed by atoms with Crippen LogP contribution in [0.25, 0.3) is 0 Å². The van der Waals surface area contributed by atoms with E-state index in [4.69, 9.17) is 0 Å². The van der Waals surface area contributed by atoms with Gasteiger partial charge in [0, 0.05) is 29.3 Å². The molecular weight excluding hydrogens is 182 g/mol. The van der Waals surface area contributed by atoms with E-state index in [1.54, 1.807) is 0 Å². The second kappa shape index (κ2) is 3.40. The van der Waals surface area contributed by atoms with Crippen molar-refractivity contribution in [1.82, 2.24) is 5.32 Å². The van der Waals surface area contributed by atoms with Crippen LogP contribution in [-0.2, 0) is 12.8 Å². The Balaban J connectivity index is 2.01. The first-order chi connectivity index (χ1) is 6.22. The van der Waals surface area contributed by atoms with Crippen LogP contribution >= 0.6 is 11.3 Å². The smallest absolute Gasteiger partial charge is 0.0943 e. The van der Waals surface area contributed by atoms with Gasteiger partial charge in [0.25, 0.3) is 0 Å². The molecule has 1 aliphatic heterocycles. The minimum atomic E-state index is -0.462. The van der Waals surface area contributed by atoms with E-state index in [9.17, 15) is 5.11 Å². The van der Waals surface area contributed by atoms with E-state index < -0.39 is 5.60 Å². The van der Waals surface area contributed by atoms with E-state index in [-0.39, 0.29) is 0 Å². The Morgan fingerprint density at radius 3 is 2.62 bits per heavy atom. The van der Waals surface area contributed by atoms with E-state index >= 15 is 0 Å². The van der Waals surface area contributed by atoms with Crippen LogP contribution in [0.15, 0.2) is 12.1 Å². The van der Waals surface area contributed by atoms with Gasteiger partial charge in [0.2, 0.25) is 0 Å². The average molecular weight is 197 g/mol. The number of aliphatic hydroxyl groups is 1. The van der Waals surface area contributed by atoms with Gasteiger partial charge in [-0.3, -0.25) is 0 Å². The van der Waals surface area contributed by atoms with E-state index in [2.05, 4.69) is 24.4 Å². The van der Waals surface area contributed by atoms with Crippen LogP contribution in [0.1, 0.15) is 16.7 Å². The zero-order chi connectivity index (χ0) is 9.31. The minimum absolute atomic E-state index is 0.462. The molecule has 0 saturated carbocycles. The molecule has 0 aromatic carbocycles. The molecule has 0 spiro atoms. The van der Waals surface area contributed by atoms with Crippen LogP contribution in [-0.4, -0.2) is 23.8 Å². The van der Waals surface area contributed by atoms with Crippen LogP contribution in [0, 0.1) is 0 Å². The molecule has 0 bridgehead atoms. The second-order valence-electron chi connectivity index (χ2n) is 3.73. The van der Waals surface area contributed by atoms with Crippen molar-refractivity contribution in [2.24, 2.45) is 0 Å². The molecule has 13 heavy (non-hydrogen) atoms. The minimum Gasteiger partial charge on any atom is -0.387 e. The van der Waals surface area contributed by atoms with Crippen LogP contribution in [0.2, 0.25) is 0 Å². The summed E-state index contributed by atoms with van der Waals surface area (Å²) < 4.78 is 0. The second-order valence-corrected chi connectivity index (χ2v) is 4.98. The van der Waals surface area contributed by atoms with Crippen molar-refractivity contribution in [3.63, 3.8) is 0 Å². The number of rotatable bonds is 3. The summed E-state index contributed by atoms with van der Waals surface area (Å²) in [5.74, 6) is 0. The van der Waals surface area contributed by atoms with Gasteiger partial charge in [-0.15, -0.1) is 11.3 Å². The highest BCUT2D eigenvalue weighted by Crippen LogP contribution is 2.24. The fourth-order valence-electron chi connectivity index (χ4n) is 1.57. The molecular formula is C10H15NOS. The monoisotopic (exact) mass is 197 g/mol. The zero-order valence-corrected chi connectivity index (χ0v) is 8.66. The van der Waals surface area contributed by atoms with Crippen molar-refractivity contribution in [2.45, 2.75) is 25.4 Å². The topological polar surface area (TPSA) is 32.3 Å². The maximum absolute atomic E-state index is 9.89. The van der Waals surface area contributed by atoms with Gasteiger partial charge in [-0.1, -0.05) is 6.92 Å². The van der Waals surface area contributed by atoms with Gasteiger partial charge in [-0.2, -0.15) is 0 Å². The normalized spacial score (nSPS) is 19.8. The molecule has 1 aromatic rings. The van der Waals surface area contributed by atoms with Crippen LogP contribution in [0.4, 0.5) is 0 Å². The summed E-state index contributed by atoms with van der Waals surface area (Å²) >= 11 is 1.82. The largest absolute Gasteiger partial charge is 0.387 e. The van der Waals surface area contributed by atoms with Gasteiger partial charge in [0.05, 0.1) is 5.60 Å². The van der Waals surface area contributed by atoms with E-state index in [0.29, 0.717) is 0 Å². The lowest BCUT2D eigenvalue weighted by atomic mass is 9.92. The molecule has 1 aliphatic rings. The van der Waals surface area contributed by atoms with Gasteiger partial charge in [0.15, 0.2) is 0 Å². The number of β-amino-alcohol motifs (C(OH)–C–C–N with tert-alkyl or cyclic N) is 1. The van der Waals surface area contributed by atoms with Crippen molar-refractivity contribution >= 4 is 11.3 Å². The maximum atomic E-state index is 9.89. The van der Waals surface area contributed by atoms with E-state index in [1.165, 1.54) is 9.75 Å². The number of thiophene rings is 1. The highest BCUT2D eigenvalue weighted by Gasteiger charge is 2.34. The Morgan fingerprint density at radius 2 is 2.15 bits per heavy atom.